The van der Waals surface area contributed by atoms with Gasteiger partial charge < -0.3 is 15.9 Å². The molecule has 1 aromatic rings. The van der Waals surface area contributed by atoms with Gasteiger partial charge in [0.1, 0.15) is 10.7 Å². The fraction of sp³-hybridized carbons (Fsp3) is 0.400. The molecule has 0 aliphatic carbocycles. The molecule has 4 N–H and O–H groups in total. The van der Waals surface area contributed by atoms with Gasteiger partial charge in [-0.05, 0) is 12.1 Å². The lowest BCUT2D eigenvalue weighted by Crippen LogP contribution is -2.30. The van der Waals surface area contributed by atoms with Crippen molar-refractivity contribution < 1.29 is 23.0 Å². The molecule has 19 heavy (non-hydrogen) atoms. The zero-order valence-electron chi connectivity index (χ0n) is 9.62. The van der Waals surface area contributed by atoms with Crippen LogP contribution in [-0.4, -0.2) is 48.2 Å². The third-order valence-corrected chi connectivity index (χ3v) is 5.19. The van der Waals surface area contributed by atoms with E-state index >= 15 is 0 Å². The van der Waals surface area contributed by atoms with Gasteiger partial charge in [-0.1, -0.05) is 11.6 Å². The summed E-state index contributed by atoms with van der Waals surface area (Å²) in [5.41, 5.74) is 4.98. The van der Waals surface area contributed by atoms with Gasteiger partial charge in [0, 0.05) is 13.1 Å². The van der Waals surface area contributed by atoms with Crippen molar-refractivity contribution in [2.24, 2.45) is 0 Å². The molecule has 1 fully saturated rings. The van der Waals surface area contributed by atoms with E-state index in [0.717, 1.165) is 16.4 Å². The van der Waals surface area contributed by atoms with Crippen molar-refractivity contribution in [2.45, 2.75) is 17.1 Å². The van der Waals surface area contributed by atoms with Gasteiger partial charge in [0.2, 0.25) is 10.0 Å². The van der Waals surface area contributed by atoms with Crippen LogP contribution in [0.25, 0.3) is 0 Å². The van der Waals surface area contributed by atoms with Crippen LogP contribution in [0.4, 0.5) is 10.1 Å². The number of aliphatic hydroxyl groups is 2. The lowest BCUT2D eigenvalue weighted by molar-refractivity contribution is 0.0572. The van der Waals surface area contributed by atoms with E-state index in [9.17, 15) is 23.0 Å². The Labute approximate surface area is 114 Å². The summed E-state index contributed by atoms with van der Waals surface area (Å²) in [6, 6.07) is 1.73. The number of benzene rings is 1. The van der Waals surface area contributed by atoms with Crippen LogP contribution in [-0.2, 0) is 10.0 Å². The molecule has 0 spiro atoms. The minimum atomic E-state index is -4.04. The van der Waals surface area contributed by atoms with Crippen molar-refractivity contribution in [1.29, 1.82) is 0 Å². The highest BCUT2D eigenvalue weighted by Gasteiger charge is 2.38. The molecule has 0 radical (unpaired) electrons. The third kappa shape index (κ3) is 2.54. The minimum absolute atomic E-state index is 0.253. The fourth-order valence-corrected chi connectivity index (χ4v) is 3.81. The molecule has 2 unspecified atom stereocenters. The Hall–Kier alpha value is -0.930. The highest BCUT2D eigenvalue weighted by Crippen LogP contribution is 2.30. The monoisotopic (exact) mass is 310 g/mol. The molecule has 0 aromatic heterocycles. The van der Waals surface area contributed by atoms with E-state index in [2.05, 4.69) is 0 Å². The molecule has 1 heterocycles. The summed E-state index contributed by atoms with van der Waals surface area (Å²) in [6.07, 6.45) is -2.32. The molecule has 1 aromatic carbocycles. The summed E-state index contributed by atoms with van der Waals surface area (Å²) in [5, 5.41) is 18.4. The zero-order valence-corrected chi connectivity index (χ0v) is 11.2. The van der Waals surface area contributed by atoms with Gasteiger partial charge in [-0.3, -0.25) is 0 Å². The van der Waals surface area contributed by atoms with Gasteiger partial charge >= 0.3 is 0 Å². The van der Waals surface area contributed by atoms with Gasteiger partial charge in [-0.2, -0.15) is 4.31 Å². The summed E-state index contributed by atoms with van der Waals surface area (Å²) < 4.78 is 38.5. The van der Waals surface area contributed by atoms with Crippen molar-refractivity contribution in [2.75, 3.05) is 18.8 Å². The van der Waals surface area contributed by atoms with E-state index in [1.165, 1.54) is 0 Å². The molecule has 0 saturated carbocycles. The van der Waals surface area contributed by atoms with Crippen molar-refractivity contribution in [3.05, 3.63) is 23.0 Å². The van der Waals surface area contributed by atoms with E-state index in [-0.39, 0.29) is 28.7 Å². The SMILES string of the molecule is Nc1cc(S(=O)(=O)N2CC(O)C(O)C2)c(Cl)cc1F. The molecule has 2 rings (SSSR count). The summed E-state index contributed by atoms with van der Waals surface area (Å²) in [5.74, 6) is -0.814. The van der Waals surface area contributed by atoms with Gasteiger partial charge in [-0.15, -0.1) is 0 Å². The lowest BCUT2D eigenvalue weighted by Gasteiger charge is -2.17. The molecular weight excluding hydrogens is 299 g/mol. The number of β-amino-alcohol motifs (C(OH)–C–C–N with tert-alkyl or cyclic N) is 2. The lowest BCUT2D eigenvalue weighted by atomic mass is 10.3. The Morgan fingerprint density at radius 2 is 1.84 bits per heavy atom. The minimum Gasteiger partial charge on any atom is -0.396 e. The molecule has 0 bridgehead atoms. The van der Waals surface area contributed by atoms with Gasteiger partial charge in [0.05, 0.1) is 22.9 Å². The van der Waals surface area contributed by atoms with Crippen molar-refractivity contribution in [3.63, 3.8) is 0 Å². The molecular formula is C10H12ClFN2O4S. The number of rotatable bonds is 2. The second kappa shape index (κ2) is 4.88. The van der Waals surface area contributed by atoms with Crippen LogP contribution in [0.3, 0.4) is 0 Å². The predicted molar refractivity (Wildman–Crippen MR) is 66.6 cm³/mol. The second-order valence-electron chi connectivity index (χ2n) is 4.26. The highest BCUT2D eigenvalue weighted by atomic mass is 35.5. The molecule has 1 aliphatic heterocycles. The van der Waals surface area contributed by atoms with Gasteiger partial charge in [0.15, 0.2) is 0 Å². The first kappa shape index (κ1) is 14.5. The largest absolute Gasteiger partial charge is 0.396 e. The summed E-state index contributed by atoms with van der Waals surface area (Å²) in [6.45, 7) is -0.506. The number of sulfonamides is 1. The predicted octanol–water partition coefficient (Wildman–Crippen LogP) is -0.213. The summed E-state index contributed by atoms with van der Waals surface area (Å²) in [4.78, 5) is -0.352. The van der Waals surface area contributed by atoms with Crippen molar-refractivity contribution >= 4 is 27.3 Å². The second-order valence-corrected chi connectivity index (χ2v) is 6.57. The number of anilines is 1. The molecule has 106 valence electrons. The number of hydrogen-bond donors (Lipinski definition) is 3. The number of nitrogen functional groups attached to an aromatic ring is 1. The molecule has 6 nitrogen and oxygen atoms in total. The Kier molecular flexibility index (Phi) is 3.72. The van der Waals surface area contributed by atoms with E-state index in [1.54, 1.807) is 0 Å². The maximum atomic E-state index is 13.2. The Morgan fingerprint density at radius 1 is 1.32 bits per heavy atom. The molecule has 1 aliphatic rings. The third-order valence-electron chi connectivity index (χ3n) is 2.89. The first-order valence-electron chi connectivity index (χ1n) is 5.34. The normalized spacial score (nSPS) is 24.8. The zero-order chi connectivity index (χ0) is 14.4. The number of aliphatic hydroxyl groups excluding tert-OH is 2. The van der Waals surface area contributed by atoms with Crippen LogP contribution in [0.1, 0.15) is 0 Å². The molecule has 0 amide bonds. The van der Waals surface area contributed by atoms with E-state index in [4.69, 9.17) is 17.3 Å². The molecule has 2 atom stereocenters. The van der Waals surface area contributed by atoms with Crippen LogP contribution in [0.2, 0.25) is 5.02 Å². The summed E-state index contributed by atoms with van der Waals surface area (Å²) >= 11 is 5.71. The molecule has 9 heteroatoms. The van der Waals surface area contributed by atoms with E-state index in [1.807, 2.05) is 0 Å². The van der Waals surface area contributed by atoms with E-state index < -0.39 is 28.0 Å². The topological polar surface area (TPSA) is 104 Å². The summed E-state index contributed by atoms with van der Waals surface area (Å²) in [7, 11) is -4.04. The maximum absolute atomic E-state index is 13.2. The standard InChI is InChI=1S/C10H12ClFN2O4S/c11-5-1-6(12)7(13)2-10(5)19(17,18)14-3-8(15)9(16)4-14/h1-2,8-9,15-16H,3-4,13H2. The molecule has 1 saturated heterocycles. The average Bonchev–Trinajstić information content (AvgIpc) is 2.65. The number of nitrogens with zero attached hydrogens (tertiary/aromatic N) is 1. The fourth-order valence-electron chi connectivity index (χ4n) is 1.81. The van der Waals surface area contributed by atoms with Crippen LogP contribution in [0.5, 0.6) is 0 Å². The Bertz CT molecular complexity index is 600. The quantitative estimate of drug-likeness (QED) is 0.656. The number of nitrogens with two attached hydrogens (primary N) is 1. The van der Waals surface area contributed by atoms with Crippen LogP contribution < -0.4 is 5.73 Å². The first-order chi connectivity index (χ1) is 8.73. The average molecular weight is 311 g/mol. The number of hydrogen-bond acceptors (Lipinski definition) is 5. The van der Waals surface area contributed by atoms with Crippen LogP contribution >= 0.6 is 11.6 Å². The first-order valence-corrected chi connectivity index (χ1v) is 7.16. The Balaban J connectivity index is 2.43. The van der Waals surface area contributed by atoms with Crippen LogP contribution in [0.15, 0.2) is 17.0 Å². The highest BCUT2D eigenvalue weighted by molar-refractivity contribution is 7.89. The van der Waals surface area contributed by atoms with Crippen molar-refractivity contribution in [1.82, 2.24) is 4.31 Å². The Morgan fingerprint density at radius 3 is 2.37 bits per heavy atom. The number of halogens is 2. The van der Waals surface area contributed by atoms with Gasteiger partial charge in [-0.25, -0.2) is 12.8 Å². The van der Waals surface area contributed by atoms with Gasteiger partial charge in [0.25, 0.3) is 0 Å². The smallest absolute Gasteiger partial charge is 0.244 e. The van der Waals surface area contributed by atoms with Crippen molar-refractivity contribution in [3.8, 4) is 0 Å². The van der Waals surface area contributed by atoms with Crippen LogP contribution in [0, 0.1) is 5.82 Å². The van der Waals surface area contributed by atoms with E-state index in [0.29, 0.717) is 0 Å². The maximum Gasteiger partial charge on any atom is 0.244 e.